The first-order valence-corrected chi connectivity index (χ1v) is 11.7. The van der Waals surface area contributed by atoms with Crippen LogP contribution in [-0.2, 0) is 28.3 Å². The topological polar surface area (TPSA) is 84.3 Å². The minimum atomic E-state index is -3.50. The maximum Gasteiger partial charge on any atom is 0.242 e. The molecule has 3 unspecified atom stereocenters. The van der Waals surface area contributed by atoms with Gasteiger partial charge in [0.1, 0.15) is 5.82 Å². The summed E-state index contributed by atoms with van der Waals surface area (Å²) in [5.41, 5.74) is 1.48. The summed E-state index contributed by atoms with van der Waals surface area (Å²) in [5.74, 6) is 1.97. The standard InChI is InChI=1S/C21H32N4O3S/c1-14-7-6-8-17(15(14)2)23-21(26)12-11-20-22-18-13-16(29(27,28)24(3)4)9-10-19(18)25(20)5/h9-10,13-15,17H,6-8,11-12H2,1-5H3,(H,23,26). The average molecular weight is 421 g/mol. The Bertz CT molecular complexity index is 997. The highest BCUT2D eigenvalue weighted by molar-refractivity contribution is 7.89. The molecule has 1 saturated carbocycles. The second-order valence-electron chi connectivity index (χ2n) is 8.47. The Balaban J connectivity index is 1.70. The molecule has 1 fully saturated rings. The second-order valence-corrected chi connectivity index (χ2v) is 10.6. The summed E-state index contributed by atoms with van der Waals surface area (Å²) in [4.78, 5) is 17.3. The van der Waals surface area contributed by atoms with Gasteiger partial charge in [0.2, 0.25) is 15.9 Å². The van der Waals surface area contributed by atoms with Gasteiger partial charge in [-0.25, -0.2) is 17.7 Å². The van der Waals surface area contributed by atoms with Crippen LogP contribution < -0.4 is 5.32 Å². The molecule has 1 N–H and O–H groups in total. The molecule has 8 heteroatoms. The van der Waals surface area contributed by atoms with Crippen LogP contribution in [0.5, 0.6) is 0 Å². The predicted octanol–water partition coefficient (Wildman–Crippen LogP) is 2.70. The van der Waals surface area contributed by atoms with E-state index in [2.05, 4.69) is 24.1 Å². The predicted molar refractivity (Wildman–Crippen MR) is 114 cm³/mol. The van der Waals surface area contributed by atoms with Crippen LogP contribution in [0.25, 0.3) is 11.0 Å². The number of fused-ring (bicyclic) bond motifs is 1. The molecule has 0 bridgehead atoms. The summed E-state index contributed by atoms with van der Waals surface area (Å²) >= 11 is 0. The molecule has 29 heavy (non-hydrogen) atoms. The lowest BCUT2D eigenvalue weighted by Crippen LogP contribution is -2.43. The summed E-state index contributed by atoms with van der Waals surface area (Å²) in [6.45, 7) is 4.48. The lowest BCUT2D eigenvalue weighted by Gasteiger charge is -2.34. The highest BCUT2D eigenvalue weighted by atomic mass is 32.2. The van der Waals surface area contributed by atoms with Crippen molar-refractivity contribution in [1.29, 1.82) is 0 Å². The molecule has 1 aliphatic rings. The summed E-state index contributed by atoms with van der Waals surface area (Å²) < 4.78 is 27.8. The van der Waals surface area contributed by atoms with Gasteiger partial charge in [-0.3, -0.25) is 4.79 Å². The van der Waals surface area contributed by atoms with Gasteiger partial charge in [0, 0.05) is 40.0 Å². The Labute approximate surface area is 173 Å². The summed E-state index contributed by atoms with van der Waals surface area (Å²) in [6.07, 6.45) is 4.34. The van der Waals surface area contributed by atoms with E-state index >= 15 is 0 Å². The Kier molecular flexibility index (Phi) is 6.33. The van der Waals surface area contributed by atoms with Gasteiger partial charge in [0.25, 0.3) is 0 Å². The van der Waals surface area contributed by atoms with Crippen LogP contribution in [0.4, 0.5) is 0 Å². The van der Waals surface area contributed by atoms with Crippen molar-refractivity contribution in [1.82, 2.24) is 19.2 Å². The zero-order valence-electron chi connectivity index (χ0n) is 18.0. The van der Waals surface area contributed by atoms with E-state index in [1.165, 1.54) is 31.2 Å². The zero-order chi connectivity index (χ0) is 21.3. The lowest BCUT2D eigenvalue weighted by molar-refractivity contribution is -0.122. The molecule has 7 nitrogen and oxygen atoms in total. The zero-order valence-corrected chi connectivity index (χ0v) is 18.8. The first-order valence-electron chi connectivity index (χ1n) is 10.3. The fourth-order valence-electron chi connectivity index (χ4n) is 4.11. The van der Waals surface area contributed by atoms with Gasteiger partial charge in [-0.2, -0.15) is 0 Å². The Hall–Kier alpha value is -1.93. The van der Waals surface area contributed by atoms with Crippen molar-refractivity contribution >= 4 is 27.0 Å². The summed E-state index contributed by atoms with van der Waals surface area (Å²) in [5, 5.41) is 3.20. The van der Waals surface area contributed by atoms with Crippen LogP contribution in [0, 0.1) is 11.8 Å². The molecule has 0 aliphatic heterocycles. The number of carbonyl (C=O) groups is 1. The largest absolute Gasteiger partial charge is 0.353 e. The van der Waals surface area contributed by atoms with Gasteiger partial charge in [0.05, 0.1) is 15.9 Å². The van der Waals surface area contributed by atoms with Crippen molar-refractivity contribution in [3.05, 3.63) is 24.0 Å². The van der Waals surface area contributed by atoms with Crippen LogP contribution >= 0.6 is 0 Å². The number of sulfonamides is 1. The van der Waals surface area contributed by atoms with Gasteiger partial charge in [0.15, 0.2) is 0 Å². The van der Waals surface area contributed by atoms with E-state index in [0.29, 0.717) is 30.2 Å². The smallest absolute Gasteiger partial charge is 0.242 e. The molecule has 1 aliphatic carbocycles. The van der Waals surface area contributed by atoms with Crippen LogP contribution in [0.15, 0.2) is 23.1 Å². The molecule has 1 aromatic carbocycles. The third kappa shape index (κ3) is 4.48. The molecule has 1 amide bonds. The van der Waals surface area contributed by atoms with E-state index in [1.807, 2.05) is 11.6 Å². The maximum atomic E-state index is 12.5. The molecular weight excluding hydrogens is 388 g/mol. The lowest BCUT2D eigenvalue weighted by atomic mass is 9.78. The first-order chi connectivity index (χ1) is 13.6. The number of amides is 1. The number of aromatic nitrogens is 2. The van der Waals surface area contributed by atoms with E-state index < -0.39 is 10.0 Å². The molecule has 0 saturated heterocycles. The van der Waals surface area contributed by atoms with Gasteiger partial charge >= 0.3 is 0 Å². The van der Waals surface area contributed by atoms with E-state index in [1.54, 1.807) is 18.2 Å². The molecule has 1 heterocycles. The van der Waals surface area contributed by atoms with Gasteiger partial charge < -0.3 is 9.88 Å². The molecule has 3 rings (SSSR count). The number of benzene rings is 1. The number of nitrogens with one attached hydrogen (secondary N) is 1. The normalized spacial score (nSPS) is 22.9. The summed E-state index contributed by atoms with van der Waals surface area (Å²) in [6, 6.07) is 5.22. The first kappa shape index (κ1) is 21.8. The number of imidazole rings is 1. The average Bonchev–Trinajstić information content (AvgIpc) is 2.99. The van der Waals surface area contributed by atoms with Crippen LogP contribution in [-0.4, -0.2) is 48.3 Å². The third-order valence-electron chi connectivity index (χ3n) is 6.35. The van der Waals surface area contributed by atoms with Crippen molar-refractivity contribution in [2.45, 2.75) is 56.9 Å². The van der Waals surface area contributed by atoms with Crippen molar-refractivity contribution in [2.75, 3.05) is 14.1 Å². The fraction of sp³-hybridized carbons (Fsp3) is 0.619. The Morgan fingerprint density at radius 2 is 2.00 bits per heavy atom. The van der Waals surface area contributed by atoms with Crippen molar-refractivity contribution < 1.29 is 13.2 Å². The van der Waals surface area contributed by atoms with Crippen molar-refractivity contribution in [3.63, 3.8) is 0 Å². The number of hydrogen-bond acceptors (Lipinski definition) is 4. The van der Waals surface area contributed by atoms with E-state index in [9.17, 15) is 13.2 Å². The molecule has 0 spiro atoms. The van der Waals surface area contributed by atoms with Crippen LogP contribution in [0.1, 0.15) is 45.4 Å². The number of carbonyl (C=O) groups excluding carboxylic acids is 1. The van der Waals surface area contributed by atoms with Gasteiger partial charge in [-0.05, 0) is 36.5 Å². The van der Waals surface area contributed by atoms with Gasteiger partial charge in [-0.15, -0.1) is 0 Å². The minimum Gasteiger partial charge on any atom is -0.353 e. The van der Waals surface area contributed by atoms with Crippen LogP contribution in [0.2, 0.25) is 0 Å². The number of rotatable bonds is 6. The Morgan fingerprint density at radius 3 is 2.69 bits per heavy atom. The minimum absolute atomic E-state index is 0.0545. The van der Waals surface area contributed by atoms with Crippen molar-refractivity contribution in [3.8, 4) is 0 Å². The monoisotopic (exact) mass is 420 g/mol. The maximum absolute atomic E-state index is 12.5. The number of hydrogen-bond donors (Lipinski definition) is 1. The second kappa shape index (κ2) is 8.44. The molecular formula is C21H32N4O3S. The van der Waals surface area contributed by atoms with Crippen molar-refractivity contribution in [2.24, 2.45) is 18.9 Å². The van der Waals surface area contributed by atoms with Crippen LogP contribution in [0.3, 0.4) is 0 Å². The fourth-order valence-corrected chi connectivity index (χ4v) is 5.04. The Morgan fingerprint density at radius 1 is 1.28 bits per heavy atom. The highest BCUT2D eigenvalue weighted by Crippen LogP contribution is 2.29. The van der Waals surface area contributed by atoms with E-state index in [4.69, 9.17) is 0 Å². The third-order valence-corrected chi connectivity index (χ3v) is 8.16. The summed E-state index contributed by atoms with van der Waals surface area (Å²) in [7, 11) is 1.41. The quantitative estimate of drug-likeness (QED) is 0.779. The SMILES string of the molecule is CC1CCCC(NC(=O)CCc2nc3cc(S(=O)(=O)N(C)C)ccc3n2C)C1C. The highest BCUT2D eigenvalue weighted by Gasteiger charge is 2.28. The number of aryl methyl sites for hydroxylation is 2. The molecule has 1 aromatic heterocycles. The van der Waals surface area contributed by atoms with E-state index in [0.717, 1.165) is 17.8 Å². The van der Waals surface area contributed by atoms with E-state index in [-0.39, 0.29) is 16.8 Å². The molecule has 160 valence electrons. The number of nitrogens with zero attached hydrogens (tertiary/aromatic N) is 3. The molecule has 2 aromatic rings. The van der Waals surface area contributed by atoms with Gasteiger partial charge in [-0.1, -0.05) is 26.7 Å². The molecule has 3 atom stereocenters. The molecule has 0 radical (unpaired) electrons.